The van der Waals surface area contributed by atoms with Crippen molar-refractivity contribution >= 4 is 11.4 Å². The van der Waals surface area contributed by atoms with Crippen molar-refractivity contribution < 1.29 is 18.7 Å². The molecule has 0 spiro atoms. The lowest BCUT2D eigenvalue weighted by atomic mass is 10.0. The van der Waals surface area contributed by atoms with Crippen LogP contribution >= 0.6 is 0 Å². The maximum absolute atomic E-state index is 13.6. The third kappa shape index (κ3) is 6.12. The minimum absolute atomic E-state index is 0.0274. The summed E-state index contributed by atoms with van der Waals surface area (Å²) in [5.74, 6) is -1.64. The van der Waals surface area contributed by atoms with Crippen LogP contribution in [0.15, 0.2) is 79.1 Å². The lowest BCUT2D eigenvalue weighted by molar-refractivity contribution is 0.0554. The molecule has 4 rings (SSSR count). The van der Waals surface area contributed by atoms with Crippen LogP contribution in [0.5, 0.6) is 0 Å². The van der Waals surface area contributed by atoms with Crippen LogP contribution < -0.4 is 5.73 Å². The summed E-state index contributed by atoms with van der Waals surface area (Å²) in [6.07, 6.45) is 3.46. The van der Waals surface area contributed by atoms with Gasteiger partial charge in [0.2, 0.25) is 0 Å². The molecular weight excluding hydrogens is 448 g/mol. The molecule has 2 aromatic heterocycles. The number of aromatic nitrogens is 1. The number of aryl methyl sites for hydroxylation is 1. The number of aliphatic hydroxyl groups excluding tert-OH is 1. The van der Waals surface area contributed by atoms with Gasteiger partial charge in [-0.1, -0.05) is 37.3 Å². The maximum Gasteiger partial charge on any atom is 0.255 e. The summed E-state index contributed by atoms with van der Waals surface area (Å²) in [6.45, 7) is 2.32. The van der Waals surface area contributed by atoms with E-state index in [2.05, 4.69) is 6.92 Å². The number of amides is 1. The summed E-state index contributed by atoms with van der Waals surface area (Å²) in [7, 11) is 0. The molecule has 5 nitrogen and oxygen atoms in total. The number of benzene rings is 2. The second kappa shape index (κ2) is 10.8. The SMILES string of the molecule is CCc1cccc(CN(CC(O)C(N)Cc2cc(F)cc(F)c2)C(=O)c2cc3ccccn3c2)c1. The van der Waals surface area contributed by atoms with Crippen molar-refractivity contribution in [2.24, 2.45) is 5.73 Å². The van der Waals surface area contributed by atoms with Gasteiger partial charge in [0.15, 0.2) is 0 Å². The topological polar surface area (TPSA) is 71.0 Å². The number of hydrogen-bond donors (Lipinski definition) is 2. The molecule has 182 valence electrons. The monoisotopic (exact) mass is 477 g/mol. The quantitative estimate of drug-likeness (QED) is 0.377. The van der Waals surface area contributed by atoms with Gasteiger partial charge in [0.25, 0.3) is 5.91 Å². The highest BCUT2D eigenvalue weighted by molar-refractivity contribution is 5.95. The van der Waals surface area contributed by atoms with Crippen molar-refractivity contribution in [3.63, 3.8) is 0 Å². The predicted octanol–water partition coefficient (Wildman–Crippen LogP) is 4.35. The molecule has 2 heterocycles. The van der Waals surface area contributed by atoms with Gasteiger partial charge in [-0.15, -0.1) is 0 Å². The fourth-order valence-corrected chi connectivity index (χ4v) is 4.24. The Labute approximate surface area is 203 Å². The zero-order valence-corrected chi connectivity index (χ0v) is 19.6. The van der Waals surface area contributed by atoms with Crippen molar-refractivity contribution in [3.05, 3.63) is 113 Å². The zero-order chi connectivity index (χ0) is 24.9. The molecule has 7 heteroatoms. The third-order valence-electron chi connectivity index (χ3n) is 6.11. The largest absolute Gasteiger partial charge is 0.390 e. The molecule has 0 radical (unpaired) electrons. The summed E-state index contributed by atoms with van der Waals surface area (Å²) in [5, 5.41) is 10.9. The zero-order valence-electron chi connectivity index (χ0n) is 19.6. The molecule has 2 aromatic carbocycles. The number of carbonyl (C=O) groups excluding carboxylic acids is 1. The van der Waals surface area contributed by atoms with E-state index in [0.29, 0.717) is 11.1 Å². The van der Waals surface area contributed by atoms with Gasteiger partial charge in [-0.2, -0.15) is 0 Å². The molecule has 35 heavy (non-hydrogen) atoms. The molecule has 2 unspecified atom stereocenters. The first-order valence-corrected chi connectivity index (χ1v) is 11.6. The number of hydrogen-bond acceptors (Lipinski definition) is 3. The highest BCUT2D eigenvalue weighted by Crippen LogP contribution is 2.17. The fourth-order valence-electron chi connectivity index (χ4n) is 4.24. The van der Waals surface area contributed by atoms with E-state index in [4.69, 9.17) is 5.73 Å². The van der Waals surface area contributed by atoms with Crippen molar-refractivity contribution in [2.45, 2.75) is 38.5 Å². The molecule has 3 N–H and O–H groups in total. The number of nitrogens with zero attached hydrogens (tertiary/aromatic N) is 2. The number of fused-ring (bicyclic) bond motifs is 1. The molecule has 0 bridgehead atoms. The first kappa shape index (κ1) is 24.6. The molecule has 0 aliphatic heterocycles. The van der Waals surface area contributed by atoms with Gasteiger partial charge >= 0.3 is 0 Å². The second-order valence-corrected chi connectivity index (χ2v) is 8.83. The van der Waals surface area contributed by atoms with Crippen LogP contribution in [-0.4, -0.2) is 39.0 Å². The van der Waals surface area contributed by atoms with Crippen LogP contribution in [0.3, 0.4) is 0 Å². The summed E-state index contributed by atoms with van der Waals surface area (Å²) in [5.41, 5.74) is 10.0. The molecule has 2 atom stereocenters. The van der Waals surface area contributed by atoms with Crippen LogP contribution in [-0.2, 0) is 19.4 Å². The van der Waals surface area contributed by atoms with E-state index in [1.165, 1.54) is 12.1 Å². The minimum atomic E-state index is -1.10. The number of aliphatic hydroxyl groups is 1. The van der Waals surface area contributed by atoms with Crippen LogP contribution in [0.4, 0.5) is 8.78 Å². The number of rotatable bonds is 9. The Hall–Kier alpha value is -3.55. The Morgan fingerprint density at radius 3 is 2.46 bits per heavy atom. The van der Waals surface area contributed by atoms with E-state index in [0.717, 1.165) is 29.1 Å². The normalized spacial score (nSPS) is 13.1. The van der Waals surface area contributed by atoms with Gasteiger partial charge < -0.3 is 20.1 Å². The van der Waals surface area contributed by atoms with Gasteiger partial charge in [-0.3, -0.25) is 4.79 Å². The van der Waals surface area contributed by atoms with Gasteiger partial charge in [0.05, 0.1) is 11.7 Å². The van der Waals surface area contributed by atoms with Crippen molar-refractivity contribution in [2.75, 3.05) is 6.54 Å². The van der Waals surface area contributed by atoms with Crippen LogP contribution in [0.1, 0.15) is 34.0 Å². The Morgan fingerprint density at radius 2 is 1.74 bits per heavy atom. The average molecular weight is 478 g/mol. The number of halogens is 2. The number of nitrogens with two attached hydrogens (primary N) is 1. The second-order valence-electron chi connectivity index (χ2n) is 8.83. The average Bonchev–Trinajstić information content (AvgIpc) is 3.27. The highest BCUT2D eigenvalue weighted by atomic mass is 19.1. The smallest absolute Gasteiger partial charge is 0.255 e. The van der Waals surface area contributed by atoms with Crippen molar-refractivity contribution in [3.8, 4) is 0 Å². The summed E-state index contributed by atoms with van der Waals surface area (Å²) in [6, 6.07) is 17.8. The van der Waals surface area contributed by atoms with Crippen LogP contribution in [0.2, 0.25) is 0 Å². The summed E-state index contributed by atoms with van der Waals surface area (Å²) in [4.78, 5) is 15.1. The third-order valence-corrected chi connectivity index (χ3v) is 6.11. The van der Waals surface area contributed by atoms with E-state index in [1.54, 1.807) is 17.2 Å². The summed E-state index contributed by atoms with van der Waals surface area (Å²) >= 11 is 0. The van der Waals surface area contributed by atoms with Gasteiger partial charge in [0.1, 0.15) is 11.6 Å². The molecular formula is C28H29F2N3O2. The number of carbonyl (C=O) groups is 1. The molecule has 0 saturated carbocycles. The summed E-state index contributed by atoms with van der Waals surface area (Å²) < 4.78 is 29.0. The number of pyridine rings is 1. The predicted molar refractivity (Wildman–Crippen MR) is 132 cm³/mol. The lowest BCUT2D eigenvalue weighted by Gasteiger charge is -2.28. The van der Waals surface area contributed by atoms with Crippen LogP contribution in [0, 0.1) is 11.6 Å². The minimum Gasteiger partial charge on any atom is -0.390 e. The van der Waals surface area contributed by atoms with Crippen molar-refractivity contribution in [1.82, 2.24) is 9.30 Å². The Bertz CT molecular complexity index is 1270. The van der Waals surface area contributed by atoms with E-state index in [1.807, 2.05) is 53.1 Å². The van der Waals surface area contributed by atoms with Gasteiger partial charge in [-0.05, 0) is 59.9 Å². The van der Waals surface area contributed by atoms with Crippen LogP contribution in [0.25, 0.3) is 5.52 Å². The Balaban J connectivity index is 1.56. The van der Waals surface area contributed by atoms with E-state index in [-0.39, 0.29) is 25.4 Å². The van der Waals surface area contributed by atoms with Crippen molar-refractivity contribution in [1.29, 1.82) is 0 Å². The first-order valence-electron chi connectivity index (χ1n) is 11.6. The fraction of sp³-hybridized carbons (Fsp3) is 0.250. The Morgan fingerprint density at radius 1 is 1.00 bits per heavy atom. The molecule has 0 fully saturated rings. The maximum atomic E-state index is 13.6. The molecule has 0 aliphatic carbocycles. The highest BCUT2D eigenvalue weighted by Gasteiger charge is 2.24. The molecule has 0 saturated heterocycles. The Kier molecular flexibility index (Phi) is 7.58. The lowest BCUT2D eigenvalue weighted by Crippen LogP contribution is -2.46. The van der Waals surface area contributed by atoms with Gasteiger partial charge in [-0.25, -0.2) is 8.78 Å². The van der Waals surface area contributed by atoms with E-state index in [9.17, 15) is 18.7 Å². The van der Waals surface area contributed by atoms with E-state index < -0.39 is 23.8 Å². The van der Waals surface area contributed by atoms with E-state index >= 15 is 0 Å². The standard InChI is InChI=1S/C28H29F2N3O2/c1-2-19-6-5-7-20(10-19)16-33(28(35)22-14-25-8-3-4-9-32(25)17-22)18-27(34)26(31)13-21-11-23(29)15-24(30)12-21/h3-12,14-15,17,26-27,34H,2,13,16,18,31H2,1H3. The first-order chi connectivity index (χ1) is 16.8. The van der Waals surface area contributed by atoms with Gasteiger partial charge in [0, 0.05) is 43.1 Å². The molecule has 4 aromatic rings. The molecule has 0 aliphatic rings. The molecule has 1 amide bonds.